The molecule has 9 heteroatoms. The van der Waals surface area contributed by atoms with E-state index in [2.05, 4.69) is 36.2 Å². The Morgan fingerprint density at radius 3 is 2.81 bits per heavy atom. The molecule has 3 heterocycles. The van der Waals surface area contributed by atoms with Crippen LogP contribution in [-0.4, -0.2) is 46.0 Å². The van der Waals surface area contributed by atoms with E-state index in [1.54, 1.807) is 0 Å². The van der Waals surface area contributed by atoms with Crippen LogP contribution in [0.2, 0.25) is 0 Å². The van der Waals surface area contributed by atoms with E-state index < -0.39 is 11.2 Å². The quantitative estimate of drug-likeness (QED) is 0.483. The third-order valence-electron chi connectivity index (χ3n) is 6.34. The number of anilines is 2. The van der Waals surface area contributed by atoms with Crippen molar-refractivity contribution in [1.29, 1.82) is 5.26 Å². The second-order valence-corrected chi connectivity index (χ2v) is 10.3. The maximum absolute atomic E-state index is 12.6. The van der Waals surface area contributed by atoms with Crippen molar-refractivity contribution < 1.29 is 9.39 Å². The van der Waals surface area contributed by atoms with E-state index >= 15 is 0 Å². The second kappa shape index (κ2) is 10.0. The van der Waals surface area contributed by atoms with Crippen LogP contribution in [0.25, 0.3) is 0 Å². The summed E-state index contributed by atoms with van der Waals surface area (Å²) in [6, 6.07) is 10.1. The number of nitrogens with two attached hydrogens (primary N) is 1. The van der Waals surface area contributed by atoms with Gasteiger partial charge in [-0.25, -0.2) is 10.9 Å². The number of aryl methyl sites for hydroxylation is 1. The molecule has 2 aromatic rings. The van der Waals surface area contributed by atoms with Gasteiger partial charge in [-0.3, -0.25) is 0 Å². The number of nitrogens with one attached hydrogen (secondary N) is 1. The van der Waals surface area contributed by atoms with E-state index in [1.165, 1.54) is 5.56 Å². The molecule has 0 saturated carbocycles. The first-order valence-electron chi connectivity index (χ1n) is 11.1. The minimum absolute atomic E-state index is 0.0393. The summed E-state index contributed by atoms with van der Waals surface area (Å²) < 4.78 is 12.6. The molecule has 3 N–H and O–H groups in total. The molecule has 1 fully saturated rings. The Morgan fingerprint density at radius 1 is 1.34 bits per heavy atom. The molecule has 1 aromatic heterocycles. The average molecular weight is 455 g/mol. The Kier molecular flexibility index (Phi) is 7.16. The maximum Gasteiger partial charge on any atom is 0.227 e. The highest BCUT2D eigenvalue weighted by molar-refractivity contribution is 7.91. The van der Waals surface area contributed by atoms with Crippen molar-refractivity contribution in [1.82, 2.24) is 9.97 Å². The number of aromatic nitrogens is 2. The molecule has 0 bridgehead atoms. The van der Waals surface area contributed by atoms with Crippen LogP contribution in [0.5, 0.6) is 0 Å². The topological polar surface area (TPSA) is 123 Å². The summed E-state index contributed by atoms with van der Waals surface area (Å²) in [6.45, 7) is 6.18. The Balaban J connectivity index is 1.54. The normalized spacial score (nSPS) is 19.6. The molecule has 32 heavy (non-hydrogen) atoms. The predicted molar refractivity (Wildman–Crippen MR) is 125 cm³/mol. The van der Waals surface area contributed by atoms with E-state index in [0.717, 1.165) is 36.5 Å². The lowest BCUT2D eigenvalue weighted by Crippen LogP contribution is -2.36. The van der Waals surface area contributed by atoms with Crippen LogP contribution in [0.3, 0.4) is 0 Å². The number of hydrogen-bond donors (Lipinski definition) is 2. The molecule has 0 amide bonds. The molecule has 2 aliphatic rings. The standard InChI is InChI=1S/C23H30N6O2S/c1-15(2)20(14-31-25)26-22-21-19(8-11-32(21)30)27-23(28-22)29-9-6-17(7-10-29)18-5-3-4-16(12-18)13-24/h3-5,12,15,17,20H,6-11,14,25H2,1-2H3,(H,26,27,28)/t20-,32?/m0/s1. The molecule has 2 atom stereocenters. The van der Waals surface area contributed by atoms with E-state index in [1.807, 2.05) is 18.2 Å². The Morgan fingerprint density at radius 2 is 2.12 bits per heavy atom. The fourth-order valence-electron chi connectivity index (χ4n) is 4.38. The van der Waals surface area contributed by atoms with Crippen LogP contribution < -0.4 is 16.1 Å². The minimum Gasteiger partial charge on any atom is -0.611 e. The Bertz CT molecular complexity index is 987. The largest absolute Gasteiger partial charge is 0.611 e. The fraction of sp³-hybridized carbons (Fsp3) is 0.522. The van der Waals surface area contributed by atoms with E-state index in [4.69, 9.17) is 20.7 Å². The molecule has 2 aliphatic heterocycles. The molecule has 0 spiro atoms. The van der Waals surface area contributed by atoms with Crippen molar-refractivity contribution in [3.63, 3.8) is 0 Å². The Labute approximate surface area is 192 Å². The molecule has 0 aliphatic carbocycles. The van der Waals surface area contributed by atoms with Gasteiger partial charge in [-0.2, -0.15) is 10.2 Å². The zero-order chi connectivity index (χ0) is 22.7. The summed E-state index contributed by atoms with van der Waals surface area (Å²) in [5.74, 6) is 7.92. The van der Waals surface area contributed by atoms with Gasteiger partial charge in [0.05, 0.1) is 24.3 Å². The molecule has 8 nitrogen and oxygen atoms in total. The van der Waals surface area contributed by atoms with Crippen molar-refractivity contribution in [2.75, 3.05) is 35.7 Å². The summed E-state index contributed by atoms with van der Waals surface area (Å²) in [6.07, 6.45) is 2.64. The van der Waals surface area contributed by atoms with Gasteiger partial charge < -0.3 is 19.6 Å². The summed E-state index contributed by atoms with van der Waals surface area (Å²) in [7, 11) is 0. The fourth-order valence-corrected chi connectivity index (χ4v) is 5.69. The van der Waals surface area contributed by atoms with Crippen molar-refractivity contribution in [2.45, 2.75) is 50.0 Å². The first kappa shape index (κ1) is 22.8. The third-order valence-corrected chi connectivity index (χ3v) is 7.80. The zero-order valence-corrected chi connectivity index (χ0v) is 19.4. The Hall–Kier alpha value is -2.38. The molecular formula is C23H30N6O2S. The first-order chi connectivity index (χ1) is 15.5. The number of rotatable bonds is 7. The third kappa shape index (κ3) is 4.84. The van der Waals surface area contributed by atoms with Crippen LogP contribution in [0, 0.1) is 17.2 Å². The van der Waals surface area contributed by atoms with Crippen LogP contribution in [0.15, 0.2) is 29.2 Å². The lowest BCUT2D eigenvalue weighted by molar-refractivity contribution is 0.117. The lowest BCUT2D eigenvalue weighted by Gasteiger charge is -2.33. The number of benzene rings is 1. The smallest absolute Gasteiger partial charge is 0.227 e. The second-order valence-electron chi connectivity index (χ2n) is 8.77. The van der Waals surface area contributed by atoms with E-state index in [0.29, 0.717) is 42.0 Å². The summed E-state index contributed by atoms with van der Waals surface area (Å²) in [5, 5.41) is 12.6. The zero-order valence-electron chi connectivity index (χ0n) is 18.6. The molecule has 4 rings (SSSR count). The average Bonchev–Trinajstić information content (AvgIpc) is 3.19. The summed E-state index contributed by atoms with van der Waals surface area (Å²) in [5.41, 5.74) is 2.80. The summed E-state index contributed by atoms with van der Waals surface area (Å²) in [4.78, 5) is 17.4. The highest BCUT2D eigenvalue weighted by atomic mass is 32.2. The summed E-state index contributed by atoms with van der Waals surface area (Å²) >= 11 is -1.09. The number of nitriles is 1. The van der Waals surface area contributed by atoms with Crippen molar-refractivity contribution in [3.8, 4) is 6.07 Å². The van der Waals surface area contributed by atoms with Crippen molar-refractivity contribution in [3.05, 3.63) is 41.1 Å². The van der Waals surface area contributed by atoms with Gasteiger partial charge in [0.15, 0.2) is 5.82 Å². The van der Waals surface area contributed by atoms with Gasteiger partial charge in [0.1, 0.15) is 11.4 Å². The van der Waals surface area contributed by atoms with Gasteiger partial charge in [0.2, 0.25) is 10.8 Å². The van der Waals surface area contributed by atoms with E-state index in [9.17, 15) is 9.81 Å². The minimum atomic E-state index is -1.09. The van der Waals surface area contributed by atoms with Gasteiger partial charge in [0, 0.05) is 19.5 Å². The molecule has 1 unspecified atom stereocenters. The van der Waals surface area contributed by atoms with Gasteiger partial charge in [-0.1, -0.05) is 26.0 Å². The monoisotopic (exact) mass is 454 g/mol. The molecule has 0 radical (unpaired) electrons. The molecule has 1 saturated heterocycles. The molecule has 170 valence electrons. The number of hydrogen-bond acceptors (Lipinski definition) is 8. The number of fused-ring (bicyclic) bond motifs is 1. The van der Waals surface area contributed by atoms with Crippen LogP contribution in [-0.2, 0) is 22.4 Å². The molecular weight excluding hydrogens is 424 g/mol. The van der Waals surface area contributed by atoms with Crippen LogP contribution in [0.1, 0.15) is 49.4 Å². The van der Waals surface area contributed by atoms with Crippen molar-refractivity contribution >= 4 is 22.9 Å². The lowest BCUT2D eigenvalue weighted by atomic mass is 9.89. The number of nitrogens with zero attached hydrogens (tertiary/aromatic N) is 4. The highest BCUT2D eigenvalue weighted by Gasteiger charge is 2.34. The predicted octanol–water partition coefficient (Wildman–Crippen LogP) is 2.72. The van der Waals surface area contributed by atoms with E-state index in [-0.39, 0.29) is 12.0 Å². The number of piperidine rings is 1. The van der Waals surface area contributed by atoms with Crippen molar-refractivity contribution in [2.24, 2.45) is 11.8 Å². The van der Waals surface area contributed by atoms with Gasteiger partial charge in [-0.15, -0.1) is 0 Å². The molecule has 1 aromatic carbocycles. The van der Waals surface area contributed by atoms with Gasteiger partial charge >= 0.3 is 0 Å². The highest BCUT2D eigenvalue weighted by Crippen LogP contribution is 2.35. The van der Waals surface area contributed by atoms with Crippen LogP contribution >= 0.6 is 0 Å². The maximum atomic E-state index is 12.6. The SMILES string of the molecule is CC(C)[C@H](CON)Nc1nc(N2CCC(c3cccc(C#N)c3)CC2)nc2c1[S+]([O-])CC2. The first-order valence-corrected chi connectivity index (χ1v) is 12.4. The van der Waals surface area contributed by atoms with Crippen LogP contribution in [0.4, 0.5) is 11.8 Å². The van der Waals surface area contributed by atoms with Gasteiger partial charge in [0.25, 0.3) is 0 Å². The van der Waals surface area contributed by atoms with Gasteiger partial charge in [-0.05, 0) is 53.5 Å².